The minimum Gasteiger partial charge on any atom is -0.481 e. The summed E-state index contributed by atoms with van der Waals surface area (Å²) in [5.74, 6) is -0.852. The van der Waals surface area contributed by atoms with Crippen LogP contribution in [0.1, 0.15) is 69.1 Å². The molecule has 0 heterocycles. The highest BCUT2D eigenvalue weighted by Crippen LogP contribution is 2.11. The monoisotopic (exact) mass is 438 g/mol. The van der Waals surface area contributed by atoms with Gasteiger partial charge in [0.05, 0.1) is 17.8 Å². The third-order valence-corrected chi connectivity index (χ3v) is 4.94. The topological polar surface area (TPSA) is 80.5 Å². The van der Waals surface area contributed by atoms with Gasteiger partial charge in [-0.25, -0.2) is 0 Å². The van der Waals surface area contributed by atoms with Crippen molar-refractivity contribution in [2.24, 2.45) is 10.3 Å². The number of carbonyl (C=O) groups is 1. The van der Waals surface area contributed by atoms with E-state index >= 15 is 0 Å². The molecule has 0 aliphatic heterocycles. The molecule has 0 aliphatic rings. The van der Waals surface area contributed by atoms with Crippen LogP contribution >= 0.6 is 0 Å². The molecule has 0 bridgehead atoms. The normalized spacial score (nSPS) is 11.9. The van der Waals surface area contributed by atoms with Gasteiger partial charge in [-0.1, -0.05) is 72.2 Å². The molecule has 0 aromatic heterocycles. The maximum atomic E-state index is 10.9. The number of aliphatic carboxylic acids is 1. The molecule has 6 nitrogen and oxygen atoms in total. The van der Waals surface area contributed by atoms with Crippen molar-refractivity contribution in [3.63, 3.8) is 0 Å². The van der Waals surface area contributed by atoms with E-state index in [0.29, 0.717) is 25.3 Å². The van der Waals surface area contributed by atoms with E-state index in [1.807, 2.05) is 37.3 Å². The Morgan fingerprint density at radius 1 is 0.875 bits per heavy atom. The second kappa shape index (κ2) is 14.8. The maximum absolute atomic E-state index is 10.9. The lowest BCUT2D eigenvalue weighted by atomic mass is 10.0. The molecule has 0 saturated carbocycles. The Morgan fingerprint density at radius 3 is 2.25 bits per heavy atom. The first-order valence-corrected chi connectivity index (χ1v) is 11.3. The van der Waals surface area contributed by atoms with Crippen LogP contribution in [0, 0.1) is 0 Å². The van der Waals surface area contributed by atoms with E-state index in [9.17, 15) is 4.79 Å². The second-order valence-corrected chi connectivity index (χ2v) is 7.65. The van der Waals surface area contributed by atoms with Gasteiger partial charge in [-0.05, 0) is 55.4 Å². The van der Waals surface area contributed by atoms with Crippen LogP contribution in [-0.2, 0) is 20.9 Å². The Bertz CT molecular complexity index is 878. The van der Waals surface area contributed by atoms with Crippen LogP contribution in [-0.4, -0.2) is 35.7 Å². The minimum absolute atomic E-state index is 0.0177. The molecule has 1 N–H and O–H groups in total. The summed E-state index contributed by atoms with van der Waals surface area (Å²) in [6.45, 7) is 5.10. The summed E-state index contributed by atoms with van der Waals surface area (Å²) >= 11 is 0. The van der Waals surface area contributed by atoms with Crippen LogP contribution in [0.3, 0.4) is 0 Å². The van der Waals surface area contributed by atoms with Crippen molar-refractivity contribution in [2.75, 3.05) is 13.2 Å². The average Bonchev–Trinajstić information content (AvgIpc) is 2.81. The molecule has 2 rings (SSSR count). The number of nitrogens with zero attached hydrogens (tertiary/aromatic N) is 2. The number of oxime groups is 2. The molecule has 32 heavy (non-hydrogen) atoms. The molecule has 2 aromatic rings. The van der Waals surface area contributed by atoms with Crippen molar-refractivity contribution in [3.8, 4) is 0 Å². The summed E-state index contributed by atoms with van der Waals surface area (Å²) in [6, 6.07) is 18.0. The van der Waals surface area contributed by atoms with Gasteiger partial charge in [-0.2, -0.15) is 0 Å². The molecule has 6 heteroatoms. The summed E-state index contributed by atoms with van der Waals surface area (Å²) < 4.78 is 0. The molecule has 2 aromatic carbocycles. The van der Waals surface area contributed by atoms with E-state index in [-0.39, 0.29) is 6.42 Å². The van der Waals surface area contributed by atoms with Gasteiger partial charge >= 0.3 is 5.97 Å². The molecule has 0 spiro atoms. The first-order valence-electron chi connectivity index (χ1n) is 11.3. The number of benzene rings is 2. The zero-order valence-corrected chi connectivity index (χ0v) is 19.1. The zero-order chi connectivity index (χ0) is 23.0. The largest absolute Gasteiger partial charge is 0.481 e. The smallest absolute Gasteiger partial charge is 0.303 e. The molecule has 172 valence electrons. The Kier molecular flexibility index (Phi) is 11.6. The summed E-state index contributed by atoms with van der Waals surface area (Å²) in [5, 5.41) is 17.3. The van der Waals surface area contributed by atoms with Crippen LogP contribution in [0.2, 0.25) is 0 Å². The lowest BCUT2D eigenvalue weighted by Gasteiger charge is -2.07. The fourth-order valence-electron chi connectivity index (χ4n) is 3.08. The van der Waals surface area contributed by atoms with Crippen molar-refractivity contribution >= 4 is 17.4 Å². The van der Waals surface area contributed by atoms with Gasteiger partial charge in [0.1, 0.15) is 13.2 Å². The van der Waals surface area contributed by atoms with E-state index in [1.165, 1.54) is 18.4 Å². The first-order chi connectivity index (χ1) is 15.6. The fraction of sp³-hybridized carbons (Fsp3) is 0.423. The molecular weight excluding hydrogens is 404 g/mol. The van der Waals surface area contributed by atoms with E-state index < -0.39 is 5.97 Å². The summed E-state index contributed by atoms with van der Waals surface area (Å²) in [6.07, 6.45) is 5.37. The molecule has 0 atom stereocenters. The van der Waals surface area contributed by atoms with Crippen molar-refractivity contribution in [1.82, 2.24) is 0 Å². The summed E-state index contributed by atoms with van der Waals surface area (Å²) in [4.78, 5) is 21.8. The molecule has 0 aliphatic carbocycles. The Balaban J connectivity index is 1.72. The number of hydrogen-bond acceptors (Lipinski definition) is 5. The van der Waals surface area contributed by atoms with Crippen LogP contribution < -0.4 is 0 Å². The predicted octanol–water partition coefficient (Wildman–Crippen LogP) is 5.84. The average molecular weight is 439 g/mol. The number of hydrogen-bond donors (Lipinski definition) is 1. The molecule has 0 fully saturated rings. The van der Waals surface area contributed by atoms with Crippen LogP contribution in [0.15, 0.2) is 64.9 Å². The predicted molar refractivity (Wildman–Crippen MR) is 128 cm³/mol. The van der Waals surface area contributed by atoms with Crippen molar-refractivity contribution in [1.29, 1.82) is 0 Å². The van der Waals surface area contributed by atoms with Crippen LogP contribution in [0.4, 0.5) is 0 Å². The van der Waals surface area contributed by atoms with E-state index in [2.05, 4.69) is 41.5 Å². The maximum Gasteiger partial charge on any atom is 0.303 e. The molecule has 0 radical (unpaired) electrons. The molecule has 0 saturated heterocycles. The lowest BCUT2D eigenvalue weighted by Crippen LogP contribution is -2.06. The zero-order valence-electron chi connectivity index (χ0n) is 19.1. The van der Waals surface area contributed by atoms with Crippen molar-refractivity contribution in [2.45, 2.75) is 58.8 Å². The standard InChI is InChI=1S/C26H34N2O4/c1-3-4-11-22-12-10-15-24(20-22)21(2)27-31-18-8-9-19-32-28-25(16-17-26(29)30)23-13-6-5-7-14-23/h5-7,10,12-15,20H,3-4,8-9,11,16-19H2,1-2H3,(H,29,30)/b27-21+,28-25-. The number of aryl methyl sites for hydroxylation is 1. The van der Waals surface area contributed by atoms with Gasteiger partial charge in [-0.15, -0.1) is 0 Å². The molecule has 0 amide bonds. The number of carboxylic acid groups (broad SMARTS) is 1. The third-order valence-electron chi connectivity index (χ3n) is 4.94. The highest BCUT2D eigenvalue weighted by atomic mass is 16.6. The summed E-state index contributed by atoms with van der Waals surface area (Å²) in [5.41, 5.74) is 4.81. The number of carboxylic acids is 1. The second-order valence-electron chi connectivity index (χ2n) is 7.65. The highest BCUT2D eigenvalue weighted by molar-refractivity contribution is 6.01. The molecule has 0 unspecified atom stereocenters. The Labute approximate surface area is 190 Å². The minimum atomic E-state index is -0.852. The number of rotatable bonds is 15. The highest BCUT2D eigenvalue weighted by Gasteiger charge is 2.07. The van der Waals surface area contributed by atoms with Gasteiger partial charge in [-0.3, -0.25) is 4.79 Å². The Morgan fingerprint density at radius 2 is 1.56 bits per heavy atom. The van der Waals surface area contributed by atoms with E-state index in [4.69, 9.17) is 14.8 Å². The van der Waals surface area contributed by atoms with Gasteiger partial charge in [0.25, 0.3) is 0 Å². The van der Waals surface area contributed by atoms with Crippen molar-refractivity contribution in [3.05, 3.63) is 71.3 Å². The Hall–Kier alpha value is -3.15. The SMILES string of the molecule is CCCCc1cccc(/C(C)=N/OCCCCO/N=C(/CCC(=O)O)c2ccccc2)c1. The first kappa shape index (κ1) is 25.1. The summed E-state index contributed by atoms with van der Waals surface area (Å²) in [7, 11) is 0. The quantitative estimate of drug-likeness (QED) is 0.215. The van der Waals surface area contributed by atoms with Crippen LogP contribution in [0.25, 0.3) is 0 Å². The van der Waals surface area contributed by atoms with Gasteiger partial charge < -0.3 is 14.8 Å². The lowest BCUT2D eigenvalue weighted by molar-refractivity contribution is -0.136. The molecular formula is C26H34N2O4. The van der Waals surface area contributed by atoms with Gasteiger partial charge in [0, 0.05) is 6.42 Å². The number of unbranched alkanes of at least 4 members (excludes halogenated alkanes) is 2. The fourth-order valence-corrected chi connectivity index (χ4v) is 3.08. The van der Waals surface area contributed by atoms with Gasteiger partial charge in [0.15, 0.2) is 0 Å². The third kappa shape index (κ3) is 9.77. The van der Waals surface area contributed by atoms with E-state index in [0.717, 1.165) is 36.1 Å². The van der Waals surface area contributed by atoms with E-state index in [1.54, 1.807) is 0 Å². The van der Waals surface area contributed by atoms with Gasteiger partial charge in [0.2, 0.25) is 0 Å². The van der Waals surface area contributed by atoms with Crippen molar-refractivity contribution < 1.29 is 19.6 Å². The van der Waals surface area contributed by atoms with Crippen LogP contribution in [0.5, 0.6) is 0 Å².